The Morgan fingerprint density at radius 2 is 1.79 bits per heavy atom. The van der Waals surface area contributed by atoms with E-state index in [4.69, 9.17) is 0 Å². The molecule has 2 aromatic heterocycles. The van der Waals surface area contributed by atoms with Crippen LogP contribution in [0, 0.1) is 5.82 Å². The second-order valence-electron chi connectivity index (χ2n) is 8.15. The fourth-order valence-electron chi connectivity index (χ4n) is 4.00. The summed E-state index contributed by atoms with van der Waals surface area (Å²) in [6, 6.07) is 10.1. The van der Waals surface area contributed by atoms with Crippen molar-refractivity contribution in [2.45, 2.75) is 29.2 Å². The molecule has 4 aromatic rings. The van der Waals surface area contributed by atoms with Gasteiger partial charge in [0.05, 0.1) is 15.4 Å². The van der Waals surface area contributed by atoms with Crippen LogP contribution >= 0.6 is 0 Å². The molecule has 10 heteroatoms. The molecule has 0 aliphatic carbocycles. The number of carbonyl (C=O) groups excluding carboxylic acids is 1. The Labute approximate surface area is 196 Å². The molecule has 0 atom stereocenters. The van der Waals surface area contributed by atoms with E-state index < -0.39 is 15.7 Å². The molecule has 5 rings (SSSR count). The van der Waals surface area contributed by atoms with Gasteiger partial charge in [0.1, 0.15) is 5.82 Å². The van der Waals surface area contributed by atoms with Crippen LogP contribution < -0.4 is 10.2 Å². The maximum Gasteiger partial charge on any atom is 0.254 e. The van der Waals surface area contributed by atoms with Gasteiger partial charge >= 0.3 is 0 Å². The van der Waals surface area contributed by atoms with Crippen LogP contribution in [0.25, 0.3) is 5.78 Å². The zero-order valence-corrected chi connectivity index (χ0v) is 19.0. The lowest BCUT2D eigenvalue weighted by atomic mass is 10.2. The van der Waals surface area contributed by atoms with Crippen molar-refractivity contribution in [3.8, 4) is 0 Å². The van der Waals surface area contributed by atoms with E-state index in [9.17, 15) is 17.6 Å². The van der Waals surface area contributed by atoms with Gasteiger partial charge in [0.15, 0.2) is 0 Å². The highest BCUT2D eigenvalue weighted by Crippen LogP contribution is 2.28. The van der Waals surface area contributed by atoms with Crippen molar-refractivity contribution in [2.24, 2.45) is 0 Å². The summed E-state index contributed by atoms with van der Waals surface area (Å²) >= 11 is 0. The van der Waals surface area contributed by atoms with Crippen LogP contribution in [0.5, 0.6) is 0 Å². The number of sulfone groups is 1. The van der Waals surface area contributed by atoms with Crippen LogP contribution in [-0.2, 0) is 16.4 Å². The van der Waals surface area contributed by atoms with Crippen molar-refractivity contribution in [3.63, 3.8) is 0 Å². The average molecular weight is 480 g/mol. The van der Waals surface area contributed by atoms with Gasteiger partial charge in [0, 0.05) is 50.1 Å². The number of rotatable bonds is 6. The number of halogens is 1. The maximum atomic E-state index is 14.2. The summed E-state index contributed by atoms with van der Waals surface area (Å²) in [5.41, 5.74) is 1.68. The van der Waals surface area contributed by atoms with Gasteiger partial charge in [-0.1, -0.05) is 12.1 Å². The van der Waals surface area contributed by atoms with E-state index >= 15 is 0 Å². The third kappa shape index (κ3) is 4.36. The molecule has 0 radical (unpaired) electrons. The summed E-state index contributed by atoms with van der Waals surface area (Å²) < 4.78 is 42.1. The zero-order chi connectivity index (χ0) is 23.7. The van der Waals surface area contributed by atoms with Crippen LogP contribution in [-0.4, -0.2) is 41.8 Å². The number of fused-ring (bicyclic) bond motifs is 1. The van der Waals surface area contributed by atoms with Crippen molar-refractivity contribution >= 4 is 27.2 Å². The minimum atomic E-state index is -3.89. The van der Waals surface area contributed by atoms with E-state index in [0.29, 0.717) is 17.0 Å². The molecule has 0 saturated carbocycles. The van der Waals surface area contributed by atoms with Crippen LogP contribution in [0.3, 0.4) is 0 Å². The number of nitrogens with zero attached hydrogens (tertiary/aromatic N) is 4. The van der Waals surface area contributed by atoms with Gasteiger partial charge in [-0.15, -0.1) is 0 Å². The zero-order valence-electron chi connectivity index (χ0n) is 18.2. The number of hydrogen-bond donors (Lipinski definition) is 1. The SMILES string of the molecule is O=C(NCc1ccc(S(=O)(=O)c2cc(F)cc(N3CCCC3)c2)cc1)c1cnc2nccn2c1. The van der Waals surface area contributed by atoms with Crippen molar-refractivity contribution in [1.29, 1.82) is 0 Å². The normalized spacial score (nSPS) is 14.0. The fourth-order valence-corrected chi connectivity index (χ4v) is 5.31. The molecular formula is C24H22FN5O3S. The quantitative estimate of drug-likeness (QED) is 0.456. The van der Waals surface area contributed by atoms with E-state index in [0.717, 1.165) is 37.6 Å². The minimum Gasteiger partial charge on any atom is -0.371 e. The Kier molecular flexibility index (Phi) is 5.74. The second-order valence-corrected chi connectivity index (χ2v) is 10.1. The first-order valence-electron chi connectivity index (χ1n) is 10.9. The molecule has 1 aliphatic rings. The monoisotopic (exact) mass is 479 g/mol. The molecule has 1 saturated heterocycles. The standard InChI is InChI=1S/C24H22FN5O3S/c25-19-11-20(29-8-1-2-9-29)13-22(12-19)34(32,33)21-5-3-17(4-6-21)14-27-23(31)18-15-28-24-26-7-10-30(24)16-18/h3-7,10-13,15-16H,1-2,8-9,14H2,(H,27,31). The number of nitrogens with one attached hydrogen (secondary N) is 1. The van der Waals surface area contributed by atoms with Gasteiger partial charge in [-0.3, -0.25) is 9.20 Å². The average Bonchev–Trinajstić information content (AvgIpc) is 3.54. The highest BCUT2D eigenvalue weighted by Gasteiger charge is 2.22. The third-order valence-electron chi connectivity index (χ3n) is 5.83. The number of anilines is 1. The predicted octanol–water partition coefficient (Wildman–Crippen LogP) is 3.23. The Morgan fingerprint density at radius 1 is 1.03 bits per heavy atom. The fraction of sp³-hybridized carbons (Fsp3) is 0.208. The van der Waals surface area contributed by atoms with Gasteiger partial charge in [-0.25, -0.2) is 22.8 Å². The lowest BCUT2D eigenvalue weighted by molar-refractivity contribution is 0.0950. The molecular weight excluding hydrogens is 457 g/mol. The summed E-state index contributed by atoms with van der Waals surface area (Å²) in [7, 11) is -3.89. The van der Waals surface area contributed by atoms with Crippen LogP contribution in [0.1, 0.15) is 28.8 Å². The Morgan fingerprint density at radius 3 is 2.56 bits per heavy atom. The molecule has 0 bridgehead atoms. The highest BCUT2D eigenvalue weighted by molar-refractivity contribution is 7.91. The Balaban J connectivity index is 1.30. The molecule has 1 amide bonds. The number of hydrogen-bond acceptors (Lipinski definition) is 6. The molecule has 1 aliphatic heterocycles. The van der Waals surface area contributed by atoms with Crippen molar-refractivity contribution in [2.75, 3.05) is 18.0 Å². The van der Waals surface area contributed by atoms with Gasteiger partial charge < -0.3 is 10.2 Å². The Hall–Kier alpha value is -3.79. The molecule has 1 N–H and O–H groups in total. The lowest BCUT2D eigenvalue weighted by Crippen LogP contribution is -2.23. The minimum absolute atomic E-state index is 0.0651. The molecule has 174 valence electrons. The van der Waals surface area contributed by atoms with Crippen molar-refractivity contribution < 1.29 is 17.6 Å². The molecule has 1 fully saturated rings. The number of aromatic nitrogens is 3. The van der Waals surface area contributed by atoms with E-state index in [1.54, 1.807) is 35.1 Å². The smallest absolute Gasteiger partial charge is 0.254 e. The van der Waals surface area contributed by atoms with Gasteiger partial charge in [0.25, 0.3) is 5.91 Å². The first-order chi connectivity index (χ1) is 16.4. The largest absolute Gasteiger partial charge is 0.371 e. The van der Waals surface area contributed by atoms with Crippen LogP contribution in [0.4, 0.5) is 10.1 Å². The van der Waals surface area contributed by atoms with Crippen LogP contribution in [0.15, 0.2) is 77.0 Å². The van der Waals surface area contributed by atoms with Gasteiger partial charge in [0.2, 0.25) is 15.6 Å². The van der Waals surface area contributed by atoms with Crippen molar-refractivity contribution in [3.05, 3.63) is 84.2 Å². The van der Waals surface area contributed by atoms with E-state index in [2.05, 4.69) is 15.3 Å². The summed E-state index contributed by atoms with van der Waals surface area (Å²) in [5.74, 6) is -0.390. The first kappa shape index (κ1) is 22.0. The second kappa shape index (κ2) is 8.86. The highest BCUT2D eigenvalue weighted by atomic mass is 32.2. The summed E-state index contributed by atoms with van der Waals surface area (Å²) in [4.78, 5) is 22.6. The molecule has 34 heavy (non-hydrogen) atoms. The summed E-state index contributed by atoms with van der Waals surface area (Å²) in [6.07, 6.45) is 8.39. The predicted molar refractivity (Wildman–Crippen MR) is 124 cm³/mol. The number of benzene rings is 2. The van der Waals surface area contributed by atoms with Crippen molar-refractivity contribution in [1.82, 2.24) is 19.7 Å². The van der Waals surface area contributed by atoms with E-state index in [1.165, 1.54) is 30.5 Å². The number of carbonyl (C=O) groups is 1. The van der Waals surface area contributed by atoms with Gasteiger partial charge in [-0.05, 0) is 48.7 Å². The molecule has 0 spiro atoms. The molecule has 8 nitrogen and oxygen atoms in total. The molecule has 3 heterocycles. The number of amides is 1. The summed E-state index contributed by atoms with van der Waals surface area (Å²) in [5, 5.41) is 2.79. The first-order valence-corrected chi connectivity index (χ1v) is 12.3. The topological polar surface area (TPSA) is 96.7 Å². The van der Waals surface area contributed by atoms with E-state index in [1.807, 2.05) is 4.90 Å². The molecule has 2 aromatic carbocycles. The third-order valence-corrected chi connectivity index (χ3v) is 7.58. The summed E-state index contributed by atoms with van der Waals surface area (Å²) in [6.45, 7) is 1.78. The van der Waals surface area contributed by atoms with E-state index in [-0.39, 0.29) is 22.2 Å². The lowest BCUT2D eigenvalue weighted by Gasteiger charge is -2.18. The maximum absolute atomic E-state index is 14.2. The molecule has 0 unspecified atom stereocenters. The number of imidazole rings is 1. The Bertz CT molecular complexity index is 1460. The van der Waals surface area contributed by atoms with Gasteiger partial charge in [-0.2, -0.15) is 0 Å². The van der Waals surface area contributed by atoms with Crippen LogP contribution in [0.2, 0.25) is 0 Å².